The van der Waals surface area contributed by atoms with Gasteiger partial charge in [-0.25, -0.2) is 4.79 Å². The molecule has 0 spiro atoms. The molecule has 0 atom stereocenters. The lowest BCUT2D eigenvalue weighted by Crippen LogP contribution is -2.40. The molecule has 0 bridgehead atoms. The Morgan fingerprint density at radius 3 is 2.87 bits per heavy atom. The summed E-state index contributed by atoms with van der Waals surface area (Å²) < 4.78 is 10.8. The minimum Gasteiger partial charge on any atom is -0.467 e. The molecule has 2 amide bonds. The van der Waals surface area contributed by atoms with Crippen LogP contribution in [0, 0.1) is 0 Å². The van der Waals surface area contributed by atoms with E-state index in [9.17, 15) is 4.79 Å². The van der Waals surface area contributed by atoms with E-state index >= 15 is 0 Å². The second kappa shape index (κ2) is 8.08. The predicted octanol–water partition coefficient (Wildman–Crippen LogP) is 3.58. The van der Waals surface area contributed by atoms with Gasteiger partial charge in [0.2, 0.25) is 0 Å². The van der Waals surface area contributed by atoms with Gasteiger partial charge < -0.3 is 19.4 Å². The highest BCUT2D eigenvalue weighted by Crippen LogP contribution is 2.15. The van der Waals surface area contributed by atoms with Crippen LogP contribution in [0.5, 0.6) is 0 Å². The van der Waals surface area contributed by atoms with Crippen molar-refractivity contribution in [2.24, 2.45) is 0 Å². The Balaban J connectivity index is 1.51. The fourth-order valence-corrected chi connectivity index (χ4v) is 3.28. The van der Waals surface area contributed by atoms with Gasteiger partial charge in [0.25, 0.3) is 0 Å². The molecule has 122 valence electrons. The molecular formula is C17H20N2O3S. The molecule has 0 radical (unpaired) electrons. The van der Waals surface area contributed by atoms with Crippen LogP contribution in [0.25, 0.3) is 0 Å². The minimum atomic E-state index is -0.0287. The largest absolute Gasteiger partial charge is 0.467 e. The van der Waals surface area contributed by atoms with Crippen LogP contribution in [0.4, 0.5) is 10.5 Å². The molecule has 1 saturated heterocycles. The lowest BCUT2D eigenvalue weighted by atomic mass is 10.2. The van der Waals surface area contributed by atoms with Gasteiger partial charge in [0.05, 0.1) is 12.9 Å². The zero-order valence-corrected chi connectivity index (χ0v) is 13.7. The first-order chi connectivity index (χ1) is 11.3. The molecule has 1 fully saturated rings. The van der Waals surface area contributed by atoms with Crippen molar-refractivity contribution >= 4 is 23.5 Å². The number of rotatable bonds is 5. The van der Waals surface area contributed by atoms with Crippen molar-refractivity contribution in [3.05, 3.63) is 54.0 Å². The molecular weight excluding hydrogens is 312 g/mol. The second-order valence-corrected chi connectivity index (χ2v) is 6.53. The Hall–Kier alpha value is -1.92. The van der Waals surface area contributed by atoms with Gasteiger partial charge in [-0.2, -0.15) is 11.8 Å². The number of nitrogens with one attached hydrogen (secondary N) is 1. The van der Waals surface area contributed by atoms with E-state index in [-0.39, 0.29) is 6.03 Å². The van der Waals surface area contributed by atoms with Crippen LogP contribution in [0.3, 0.4) is 0 Å². The predicted molar refractivity (Wildman–Crippen MR) is 91.6 cm³/mol. The third kappa shape index (κ3) is 4.77. The van der Waals surface area contributed by atoms with Crippen molar-refractivity contribution in [2.75, 3.05) is 29.9 Å². The zero-order valence-electron chi connectivity index (χ0n) is 12.9. The third-order valence-electron chi connectivity index (χ3n) is 3.57. The molecule has 0 aliphatic carbocycles. The molecule has 5 nitrogen and oxygen atoms in total. The monoisotopic (exact) mass is 332 g/mol. The second-order valence-electron chi connectivity index (χ2n) is 5.30. The number of amides is 2. The molecule has 1 aromatic heterocycles. The van der Waals surface area contributed by atoms with Gasteiger partial charge >= 0.3 is 6.03 Å². The summed E-state index contributed by atoms with van der Waals surface area (Å²) in [7, 11) is 0. The number of benzene rings is 1. The first-order valence-corrected chi connectivity index (χ1v) is 8.79. The normalized spacial score (nSPS) is 14.7. The van der Waals surface area contributed by atoms with E-state index in [1.54, 1.807) is 6.26 Å². The van der Waals surface area contributed by atoms with E-state index in [2.05, 4.69) is 5.32 Å². The molecule has 1 aromatic carbocycles. The van der Waals surface area contributed by atoms with E-state index < -0.39 is 0 Å². The maximum Gasteiger partial charge on any atom is 0.321 e. The number of carbonyl (C=O) groups excluding carboxylic acids is 1. The first-order valence-electron chi connectivity index (χ1n) is 7.64. The molecule has 23 heavy (non-hydrogen) atoms. The summed E-state index contributed by atoms with van der Waals surface area (Å²) in [6, 6.07) is 11.4. The maximum absolute atomic E-state index is 12.2. The van der Waals surface area contributed by atoms with Crippen molar-refractivity contribution in [1.29, 1.82) is 0 Å². The number of anilines is 1. The minimum absolute atomic E-state index is 0.0287. The number of hydrogen-bond donors (Lipinski definition) is 1. The van der Waals surface area contributed by atoms with Crippen molar-refractivity contribution < 1.29 is 13.9 Å². The van der Waals surface area contributed by atoms with Gasteiger partial charge in [0, 0.05) is 30.3 Å². The molecule has 6 heteroatoms. The number of thioether (sulfide) groups is 1. The highest BCUT2D eigenvalue weighted by molar-refractivity contribution is 7.99. The van der Waals surface area contributed by atoms with E-state index in [4.69, 9.17) is 9.15 Å². The maximum atomic E-state index is 12.2. The zero-order chi connectivity index (χ0) is 15.9. The molecule has 0 unspecified atom stereocenters. The Morgan fingerprint density at radius 2 is 2.09 bits per heavy atom. The van der Waals surface area contributed by atoms with Crippen LogP contribution in [0.2, 0.25) is 0 Å². The Bertz CT molecular complexity index is 625. The lowest BCUT2D eigenvalue weighted by Gasteiger charge is -2.26. The Kier molecular flexibility index (Phi) is 5.60. The molecule has 1 aliphatic heterocycles. The van der Waals surface area contributed by atoms with Gasteiger partial charge in [0.1, 0.15) is 12.4 Å². The third-order valence-corrected chi connectivity index (χ3v) is 4.51. The standard InChI is InChI=1S/C17H20N2O3S/c20-17(19-6-9-23-10-7-19)18-15-4-1-3-14(11-15)12-21-13-16-5-2-8-22-16/h1-5,8,11H,6-7,9-10,12-13H2,(H,18,20). The topological polar surface area (TPSA) is 54.7 Å². The lowest BCUT2D eigenvalue weighted by molar-refractivity contribution is 0.0930. The molecule has 2 aromatic rings. The molecule has 2 heterocycles. The fraction of sp³-hybridized carbons (Fsp3) is 0.353. The van der Waals surface area contributed by atoms with Crippen molar-refractivity contribution in [2.45, 2.75) is 13.2 Å². The van der Waals surface area contributed by atoms with Gasteiger partial charge in [0.15, 0.2) is 0 Å². The van der Waals surface area contributed by atoms with Gasteiger partial charge in [-0.3, -0.25) is 0 Å². The fourth-order valence-electron chi connectivity index (χ4n) is 2.37. The molecule has 1 N–H and O–H groups in total. The van der Waals surface area contributed by atoms with Crippen LogP contribution in [0.1, 0.15) is 11.3 Å². The molecule has 1 aliphatic rings. The van der Waals surface area contributed by atoms with Gasteiger partial charge in [-0.1, -0.05) is 12.1 Å². The van der Waals surface area contributed by atoms with Crippen molar-refractivity contribution in [1.82, 2.24) is 4.90 Å². The number of urea groups is 1. The quantitative estimate of drug-likeness (QED) is 0.909. The molecule has 0 saturated carbocycles. The van der Waals surface area contributed by atoms with Crippen LogP contribution >= 0.6 is 11.8 Å². The summed E-state index contributed by atoms with van der Waals surface area (Å²) in [6.07, 6.45) is 1.63. The van der Waals surface area contributed by atoms with Crippen LogP contribution in [0.15, 0.2) is 47.1 Å². The smallest absolute Gasteiger partial charge is 0.321 e. The van der Waals surface area contributed by atoms with E-state index in [0.29, 0.717) is 13.2 Å². The first kappa shape index (κ1) is 16.0. The van der Waals surface area contributed by atoms with Gasteiger partial charge in [-0.05, 0) is 29.8 Å². The average Bonchev–Trinajstić information content (AvgIpc) is 3.09. The summed E-state index contributed by atoms with van der Waals surface area (Å²) in [5.74, 6) is 2.82. The SMILES string of the molecule is O=C(Nc1cccc(COCc2ccco2)c1)N1CCSCC1. The molecule has 3 rings (SSSR count). The van der Waals surface area contributed by atoms with E-state index in [0.717, 1.165) is 41.6 Å². The van der Waals surface area contributed by atoms with Crippen LogP contribution < -0.4 is 5.32 Å². The van der Waals surface area contributed by atoms with Crippen LogP contribution in [-0.4, -0.2) is 35.5 Å². The average molecular weight is 332 g/mol. The summed E-state index contributed by atoms with van der Waals surface area (Å²) in [6.45, 7) is 2.53. The summed E-state index contributed by atoms with van der Waals surface area (Å²) >= 11 is 1.89. The summed E-state index contributed by atoms with van der Waals surface area (Å²) in [4.78, 5) is 14.1. The summed E-state index contributed by atoms with van der Waals surface area (Å²) in [5, 5.41) is 2.96. The van der Waals surface area contributed by atoms with Crippen LogP contribution in [-0.2, 0) is 18.0 Å². The number of ether oxygens (including phenoxy) is 1. The summed E-state index contributed by atoms with van der Waals surface area (Å²) in [5.41, 5.74) is 1.82. The number of hydrogen-bond acceptors (Lipinski definition) is 4. The van der Waals surface area contributed by atoms with E-state index in [1.807, 2.05) is 53.1 Å². The number of nitrogens with zero attached hydrogens (tertiary/aromatic N) is 1. The van der Waals surface area contributed by atoms with Crippen molar-refractivity contribution in [3.8, 4) is 0 Å². The highest BCUT2D eigenvalue weighted by atomic mass is 32.2. The number of furan rings is 1. The van der Waals surface area contributed by atoms with Crippen molar-refractivity contribution in [3.63, 3.8) is 0 Å². The highest BCUT2D eigenvalue weighted by Gasteiger charge is 2.16. The van der Waals surface area contributed by atoms with Gasteiger partial charge in [-0.15, -0.1) is 0 Å². The van der Waals surface area contributed by atoms with E-state index in [1.165, 1.54) is 0 Å². The Labute approximate surface area is 140 Å². The Morgan fingerprint density at radius 1 is 1.22 bits per heavy atom. The number of carbonyl (C=O) groups is 1.